The molecule has 0 radical (unpaired) electrons. The van der Waals surface area contributed by atoms with Gasteiger partial charge in [-0.1, -0.05) is 23.8 Å². The van der Waals surface area contributed by atoms with Crippen molar-refractivity contribution < 1.29 is 4.79 Å². The van der Waals surface area contributed by atoms with Crippen LogP contribution in [0.3, 0.4) is 0 Å². The third kappa shape index (κ3) is 3.15. The molecule has 1 amide bonds. The number of nitrogens with zero attached hydrogens (tertiary/aromatic N) is 4. The molecule has 0 atom stereocenters. The van der Waals surface area contributed by atoms with Crippen LogP contribution in [0.15, 0.2) is 41.8 Å². The molecule has 2 heterocycles. The zero-order chi connectivity index (χ0) is 18.8. The van der Waals surface area contributed by atoms with Gasteiger partial charge >= 0.3 is 0 Å². The van der Waals surface area contributed by atoms with Gasteiger partial charge in [0.15, 0.2) is 0 Å². The predicted molar refractivity (Wildman–Crippen MR) is 101 cm³/mol. The molecule has 1 N–H and O–H groups in total. The number of hydrogen-bond donors (Lipinski definition) is 1. The zero-order valence-electron chi connectivity index (χ0n) is 15.1. The minimum Gasteiger partial charge on any atom is -0.351 e. The van der Waals surface area contributed by atoms with Crippen LogP contribution in [0.25, 0.3) is 16.6 Å². The smallest absolute Gasteiger partial charge is 0.293 e. The lowest BCUT2D eigenvalue weighted by Crippen LogP contribution is -2.34. The predicted octanol–water partition coefficient (Wildman–Crippen LogP) is 1.81. The number of aromatic nitrogens is 4. The van der Waals surface area contributed by atoms with Gasteiger partial charge in [-0.2, -0.15) is 10.2 Å². The van der Waals surface area contributed by atoms with Gasteiger partial charge in [-0.3, -0.25) is 9.59 Å². The second-order valence-electron chi connectivity index (χ2n) is 6.25. The van der Waals surface area contributed by atoms with Crippen molar-refractivity contribution >= 4 is 16.8 Å². The molecule has 7 nitrogen and oxygen atoms in total. The molecule has 0 aliphatic rings. The number of rotatable bonds is 5. The highest BCUT2D eigenvalue weighted by molar-refractivity contribution is 5.82. The molecule has 1 aromatic carbocycles. The lowest BCUT2D eigenvalue weighted by Gasteiger charge is -2.10. The first kappa shape index (κ1) is 17.6. The molecular formula is C19H21N5O2. The molecule has 0 fully saturated rings. The number of aryl methyl sites for hydroxylation is 3. The van der Waals surface area contributed by atoms with Crippen LogP contribution in [-0.4, -0.2) is 32.0 Å². The highest BCUT2D eigenvalue weighted by Crippen LogP contribution is 2.20. The van der Waals surface area contributed by atoms with Gasteiger partial charge in [-0.05, 0) is 32.4 Å². The third-order valence-corrected chi connectivity index (χ3v) is 4.18. The second kappa shape index (κ2) is 6.95. The third-order valence-electron chi connectivity index (χ3n) is 4.18. The summed E-state index contributed by atoms with van der Waals surface area (Å²) in [6.45, 7) is 9.54. The highest BCUT2D eigenvalue weighted by Gasteiger charge is 2.17. The van der Waals surface area contributed by atoms with Crippen molar-refractivity contribution in [2.24, 2.45) is 0 Å². The Balaban J connectivity index is 2.14. The van der Waals surface area contributed by atoms with Gasteiger partial charge in [0.25, 0.3) is 5.56 Å². The fraction of sp³-hybridized carbons (Fsp3) is 0.263. The van der Waals surface area contributed by atoms with E-state index in [0.29, 0.717) is 23.1 Å². The number of nitrogens with one attached hydrogen (secondary N) is 1. The summed E-state index contributed by atoms with van der Waals surface area (Å²) in [5.41, 5.74) is 3.69. The van der Waals surface area contributed by atoms with E-state index in [0.717, 1.165) is 16.8 Å². The van der Waals surface area contributed by atoms with Gasteiger partial charge < -0.3 is 5.32 Å². The fourth-order valence-electron chi connectivity index (χ4n) is 2.93. The summed E-state index contributed by atoms with van der Waals surface area (Å²) in [4.78, 5) is 24.9. The maximum Gasteiger partial charge on any atom is 0.293 e. The van der Waals surface area contributed by atoms with Gasteiger partial charge in [0.2, 0.25) is 5.91 Å². The van der Waals surface area contributed by atoms with Crippen LogP contribution in [0.2, 0.25) is 0 Å². The lowest BCUT2D eigenvalue weighted by molar-refractivity contribution is -0.121. The van der Waals surface area contributed by atoms with Gasteiger partial charge in [-0.15, -0.1) is 6.58 Å². The normalized spacial score (nSPS) is 10.9. The average molecular weight is 351 g/mol. The largest absolute Gasteiger partial charge is 0.351 e. The molecule has 0 unspecified atom stereocenters. The van der Waals surface area contributed by atoms with E-state index in [-0.39, 0.29) is 18.0 Å². The maximum atomic E-state index is 13.0. The Morgan fingerprint density at radius 1 is 1.31 bits per heavy atom. The van der Waals surface area contributed by atoms with E-state index >= 15 is 0 Å². The van der Waals surface area contributed by atoms with E-state index in [1.165, 1.54) is 4.68 Å². The zero-order valence-corrected chi connectivity index (χ0v) is 15.1. The molecule has 0 saturated carbocycles. The monoisotopic (exact) mass is 351 g/mol. The summed E-state index contributed by atoms with van der Waals surface area (Å²) < 4.78 is 2.80. The van der Waals surface area contributed by atoms with Crippen molar-refractivity contribution in [1.29, 1.82) is 0 Å². The molecule has 26 heavy (non-hydrogen) atoms. The van der Waals surface area contributed by atoms with Gasteiger partial charge in [0.1, 0.15) is 12.1 Å². The molecule has 134 valence electrons. The Labute approximate surface area is 150 Å². The van der Waals surface area contributed by atoms with Crippen molar-refractivity contribution in [3.8, 4) is 5.69 Å². The molecule has 0 aliphatic carbocycles. The molecule has 3 aromatic rings. The van der Waals surface area contributed by atoms with Crippen LogP contribution < -0.4 is 10.9 Å². The van der Waals surface area contributed by atoms with Crippen LogP contribution in [0.4, 0.5) is 0 Å². The summed E-state index contributed by atoms with van der Waals surface area (Å²) in [5.74, 6) is -0.296. The number of benzene rings is 1. The quantitative estimate of drug-likeness (QED) is 0.711. The molecule has 2 aromatic heterocycles. The van der Waals surface area contributed by atoms with Gasteiger partial charge in [0, 0.05) is 11.9 Å². The van der Waals surface area contributed by atoms with Crippen molar-refractivity contribution in [3.63, 3.8) is 0 Å². The van der Waals surface area contributed by atoms with E-state index in [4.69, 9.17) is 0 Å². The molecule has 7 heteroatoms. The molecule has 0 bridgehead atoms. The maximum absolute atomic E-state index is 13.0. The van der Waals surface area contributed by atoms with E-state index in [1.807, 2.05) is 32.0 Å². The number of carbonyl (C=O) groups excluding carboxylic acids is 1. The molecule has 3 rings (SSSR count). The number of carbonyl (C=O) groups is 1. The molecular weight excluding hydrogens is 330 g/mol. The number of fused-ring (bicyclic) bond motifs is 1. The van der Waals surface area contributed by atoms with E-state index in [9.17, 15) is 9.59 Å². The summed E-state index contributed by atoms with van der Waals surface area (Å²) in [6, 6.07) is 5.96. The van der Waals surface area contributed by atoms with Gasteiger partial charge in [0.05, 0.1) is 17.6 Å². The minimum absolute atomic E-state index is 0.151. The van der Waals surface area contributed by atoms with E-state index in [2.05, 4.69) is 22.1 Å². The topological polar surface area (TPSA) is 81.8 Å². The Kier molecular flexibility index (Phi) is 4.71. The Hall–Kier alpha value is -3.22. The van der Waals surface area contributed by atoms with Gasteiger partial charge in [-0.25, -0.2) is 9.36 Å². The minimum atomic E-state index is -0.350. The van der Waals surface area contributed by atoms with Crippen LogP contribution in [0, 0.1) is 20.8 Å². The first-order valence-electron chi connectivity index (χ1n) is 8.33. The fourth-order valence-corrected chi connectivity index (χ4v) is 2.93. The van der Waals surface area contributed by atoms with Crippen LogP contribution >= 0.6 is 0 Å². The van der Waals surface area contributed by atoms with E-state index < -0.39 is 0 Å². The Bertz CT molecular complexity index is 1060. The SMILES string of the molecule is C=CCNC(=O)Cn1nc(C)c2cnn(-c3ccc(C)cc3C)c2c1=O. The first-order chi connectivity index (χ1) is 12.4. The lowest BCUT2D eigenvalue weighted by atomic mass is 10.1. The molecule has 0 saturated heterocycles. The standard InChI is InChI=1S/C19H21N5O2/c1-5-8-20-17(25)11-23-19(26)18-15(14(4)22-23)10-21-24(18)16-7-6-12(2)9-13(16)3/h5-7,9-10H,1,8,11H2,2-4H3,(H,20,25). The van der Waals surface area contributed by atoms with Crippen molar-refractivity contribution in [1.82, 2.24) is 24.9 Å². The van der Waals surface area contributed by atoms with Crippen LogP contribution in [0.5, 0.6) is 0 Å². The Morgan fingerprint density at radius 3 is 2.77 bits per heavy atom. The van der Waals surface area contributed by atoms with E-state index in [1.54, 1.807) is 23.9 Å². The van der Waals surface area contributed by atoms with Crippen molar-refractivity contribution in [2.45, 2.75) is 27.3 Å². The Morgan fingerprint density at radius 2 is 2.08 bits per heavy atom. The summed E-state index contributed by atoms with van der Waals surface area (Å²) >= 11 is 0. The second-order valence-corrected chi connectivity index (χ2v) is 6.25. The summed E-state index contributed by atoms with van der Waals surface area (Å²) in [6.07, 6.45) is 3.22. The molecule has 0 spiro atoms. The average Bonchev–Trinajstić information content (AvgIpc) is 3.03. The summed E-state index contributed by atoms with van der Waals surface area (Å²) in [7, 11) is 0. The number of hydrogen-bond acceptors (Lipinski definition) is 4. The number of amides is 1. The summed E-state index contributed by atoms with van der Waals surface area (Å²) in [5, 5.41) is 12.0. The van der Waals surface area contributed by atoms with Crippen molar-refractivity contribution in [2.75, 3.05) is 6.54 Å². The molecule has 0 aliphatic heterocycles. The van der Waals surface area contributed by atoms with Crippen LogP contribution in [0.1, 0.15) is 16.8 Å². The van der Waals surface area contributed by atoms with Crippen molar-refractivity contribution in [3.05, 3.63) is 64.2 Å². The first-order valence-corrected chi connectivity index (χ1v) is 8.33. The van der Waals surface area contributed by atoms with Crippen LogP contribution in [-0.2, 0) is 11.3 Å². The highest BCUT2D eigenvalue weighted by atomic mass is 16.2.